The van der Waals surface area contributed by atoms with Crippen LogP contribution in [0.1, 0.15) is 69.8 Å². The molecular formula is C24H32N2O2. The first-order valence-corrected chi connectivity index (χ1v) is 10.9. The quantitative estimate of drug-likeness (QED) is 0.779. The summed E-state index contributed by atoms with van der Waals surface area (Å²) < 4.78 is 12.3. The Morgan fingerprint density at radius 3 is 2.50 bits per heavy atom. The summed E-state index contributed by atoms with van der Waals surface area (Å²) in [6, 6.07) is 8.87. The topological polar surface area (TPSA) is 47.1 Å². The lowest BCUT2D eigenvalue weighted by Crippen LogP contribution is -2.55. The van der Waals surface area contributed by atoms with E-state index in [9.17, 15) is 0 Å². The number of imidazole rings is 1. The Morgan fingerprint density at radius 1 is 1.11 bits per heavy atom. The third-order valence-electron chi connectivity index (χ3n) is 7.76. The minimum absolute atomic E-state index is 0.0974. The number of aryl methyl sites for hydroxylation is 1. The molecule has 1 aromatic heterocycles. The van der Waals surface area contributed by atoms with Gasteiger partial charge in [-0.05, 0) is 36.7 Å². The zero-order valence-corrected chi connectivity index (χ0v) is 17.5. The van der Waals surface area contributed by atoms with E-state index in [1.165, 1.54) is 28.9 Å². The Balaban J connectivity index is 1.48. The lowest BCUT2D eigenvalue weighted by atomic mass is 9.55. The molecule has 1 aromatic carbocycles. The van der Waals surface area contributed by atoms with Gasteiger partial charge in [0.05, 0.1) is 18.9 Å². The number of benzene rings is 1. The van der Waals surface area contributed by atoms with Gasteiger partial charge in [-0.1, -0.05) is 52.0 Å². The molecule has 1 saturated heterocycles. The average molecular weight is 381 g/mol. The summed E-state index contributed by atoms with van der Waals surface area (Å²) in [5.74, 6) is 2.16. The van der Waals surface area contributed by atoms with Gasteiger partial charge in [0.15, 0.2) is 5.79 Å². The molecule has 3 aliphatic rings. The first-order valence-electron chi connectivity index (χ1n) is 10.9. The molecule has 5 rings (SSSR count). The van der Waals surface area contributed by atoms with Crippen molar-refractivity contribution in [3.05, 3.63) is 41.2 Å². The molecule has 150 valence electrons. The molecule has 4 nitrogen and oxygen atoms in total. The second kappa shape index (κ2) is 6.43. The molecule has 1 N–H and O–H groups in total. The fourth-order valence-corrected chi connectivity index (χ4v) is 5.97. The Morgan fingerprint density at radius 2 is 1.82 bits per heavy atom. The van der Waals surface area contributed by atoms with E-state index in [4.69, 9.17) is 14.5 Å². The second-order valence-electron chi connectivity index (χ2n) is 9.55. The van der Waals surface area contributed by atoms with Crippen LogP contribution in [-0.4, -0.2) is 29.0 Å². The van der Waals surface area contributed by atoms with Crippen molar-refractivity contribution in [2.24, 2.45) is 11.8 Å². The minimum atomic E-state index is -0.354. The first kappa shape index (κ1) is 18.4. The van der Waals surface area contributed by atoms with Gasteiger partial charge in [-0.3, -0.25) is 0 Å². The molecule has 0 unspecified atom stereocenters. The first-order chi connectivity index (χ1) is 13.4. The van der Waals surface area contributed by atoms with Crippen molar-refractivity contribution in [1.29, 1.82) is 0 Å². The van der Waals surface area contributed by atoms with Crippen LogP contribution in [0.15, 0.2) is 24.3 Å². The fraction of sp³-hybridized carbons (Fsp3) is 0.625. The van der Waals surface area contributed by atoms with Crippen LogP contribution in [-0.2, 0) is 21.3 Å². The number of ether oxygens (including phenoxy) is 2. The predicted octanol–water partition coefficient (Wildman–Crippen LogP) is 5.19. The maximum absolute atomic E-state index is 6.13. The largest absolute Gasteiger partial charge is 0.347 e. The number of rotatable bonds is 2. The molecule has 28 heavy (non-hydrogen) atoms. The smallest absolute Gasteiger partial charge is 0.171 e. The van der Waals surface area contributed by atoms with E-state index < -0.39 is 0 Å². The predicted molar refractivity (Wildman–Crippen MR) is 110 cm³/mol. The third kappa shape index (κ3) is 2.61. The van der Waals surface area contributed by atoms with Gasteiger partial charge in [-0.15, -0.1) is 0 Å². The summed E-state index contributed by atoms with van der Waals surface area (Å²) in [6.07, 6.45) is 4.28. The van der Waals surface area contributed by atoms with E-state index in [1.807, 2.05) is 0 Å². The van der Waals surface area contributed by atoms with Gasteiger partial charge in [0.1, 0.15) is 5.82 Å². The lowest BCUT2D eigenvalue weighted by molar-refractivity contribution is -0.234. The molecule has 1 aliphatic heterocycles. The summed E-state index contributed by atoms with van der Waals surface area (Å²) in [4.78, 5) is 8.82. The Hall–Kier alpha value is -1.65. The SMILES string of the molecule is CC(C)c1ccc(-c2nc3c([nH]2)CC[C@@H]2[C@@H](C)C4(CC[C@@]32C)OCCO4)cc1. The lowest BCUT2D eigenvalue weighted by Gasteiger charge is -2.53. The molecule has 0 radical (unpaired) electrons. The number of aromatic amines is 1. The average Bonchev–Trinajstić information content (AvgIpc) is 3.34. The molecule has 4 heteroatoms. The van der Waals surface area contributed by atoms with Crippen molar-refractivity contribution < 1.29 is 9.47 Å². The number of aromatic nitrogens is 2. The van der Waals surface area contributed by atoms with Crippen LogP contribution in [0.25, 0.3) is 11.4 Å². The molecule has 1 spiro atoms. The van der Waals surface area contributed by atoms with Gasteiger partial charge in [0.2, 0.25) is 0 Å². The highest BCUT2D eigenvalue weighted by Gasteiger charge is 2.57. The van der Waals surface area contributed by atoms with Crippen LogP contribution in [0.3, 0.4) is 0 Å². The Kier molecular flexibility index (Phi) is 4.22. The van der Waals surface area contributed by atoms with Crippen molar-refractivity contribution in [2.45, 2.75) is 70.5 Å². The Bertz CT molecular complexity index is 863. The van der Waals surface area contributed by atoms with Gasteiger partial charge in [-0.25, -0.2) is 4.98 Å². The summed E-state index contributed by atoms with van der Waals surface area (Å²) >= 11 is 0. The van der Waals surface area contributed by atoms with Gasteiger partial charge < -0.3 is 14.5 Å². The monoisotopic (exact) mass is 380 g/mol. The van der Waals surface area contributed by atoms with E-state index >= 15 is 0 Å². The molecular weight excluding hydrogens is 348 g/mol. The van der Waals surface area contributed by atoms with Gasteiger partial charge in [0.25, 0.3) is 0 Å². The summed E-state index contributed by atoms with van der Waals surface area (Å²) in [7, 11) is 0. The van der Waals surface area contributed by atoms with Crippen LogP contribution < -0.4 is 0 Å². The fourth-order valence-electron chi connectivity index (χ4n) is 5.97. The van der Waals surface area contributed by atoms with Crippen molar-refractivity contribution in [3.63, 3.8) is 0 Å². The normalized spacial score (nSPS) is 31.2. The van der Waals surface area contributed by atoms with Gasteiger partial charge >= 0.3 is 0 Å². The number of hydrogen-bond acceptors (Lipinski definition) is 3. The maximum Gasteiger partial charge on any atom is 0.171 e. The van der Waals surface area contributed by atoms with Gasteiger partial charge in [0, 0.05) is 29.0 Å². The summed E-state index contributed by atoms with van der Waals surface area (Å²) in [6.45, 7) is 10.7. The van der Waals surface area contributed by atoms with E-state index in [0.717, 1.165) is 38.3 Å². The van der Waals surface area contributed by atoms with Crippen LogP contribution >= 0.6 is 0 Å². The number of nitrogens with zero attached hydrogens (tertiary/aromatic N) is 1. The van der Waals surface area contributed by atoms with Crippen molar-refractivity contribution in [3.8, 4) is 11.4 Å². The zero-order valence-electron chi connectivity index (χ0n) is 17.5. The molecule has 0 amide bonds. The summed E-state index contributed by atoms with van der Waals surface area (Å²) in [5, 5.41) is 0. The van der Waals surface area contributed by atoms with Crippen LogP contribution in [0.5, 0.6) is 0 Å². The van der Waals surface area contributed by atoms with Crippen LogP contribution in [0.4, 0.5) is 0 Å². The van der Waals surface area contributed by atoms with Crippen LogP contribution in [0.2, 0.25) is 0 Å². The van der Waals surface area contributed by atoms with Crippen molar-refractivity contribution >= 4 is 0 Å². The highest BCUT2D eigenvalue weighted by Crippen LogP contribution is 2.56. The molecule has 2 aromatic rings. The highest BCUT2D eigenvalue weighted by molar-refractivity contribution is 5.57. The highest BCUT2D eigenvalue weighted by atomic mass is 16.7. The Labute approximate surface area is 168 Å². The third-order valence-corrected chi connectivity index (χ3v) is 7.76. The molecule has 1 saturated carbocycles. The minimum Gasteiger partial charge on any atom is -0.347 e. The number of H-pyrrole nitrogens is 1. The van der Waals surface area contributed by atoms with Crippen molar-refractivity contribution in [2.75, 3.05) is 13.2 Å². The molecule has 2 heterocycles. The molecule has 2 fully saturated rings. The van der Waals surface area contributed by atoms with E-state index in [0.29, 0.717) is 17.8 Å². The zero-order chi connectivity index (χ0) is 19.5. The maximum atomic E-state index is 6.13. The van der Waals surface area contributed by atoms with E-state index in [2.05, 4.69) is 56.9 Å². The molecule has 2 aliphatic carbocycles. The molecule has 0 bridgehead atoms. The van der Waals surface area contributed by atoms with Crippen molar-refractivity contribution in [1.82, 2.24) is 9.97 Å². The van der Waals surface area contributed by atoms with E-state index in [1.54, 1.807) is 0 Å². The number of fused-ring (bicyclic) bond motifs is 3. The van der Waals surface area contributed by atoms with Gasteiger partial charge in [-0.2, -0.15) is 0 Å². The molecule has 3 atom stereocenters. The standard InChI is InChI=1S/C24H32N2O2/c1-15(2)17-5-7-18(8-6-17)22-25-20-10-9-19-16(3)24(27-13-14-28-24)12-11-23(19,4)21(20)26-22/h5-8,15-16,19H,9-14H2,1-4H3,(H,25,26)/t16-,19-,23-/m1/s1. The number of hydrogen-bond donors (Lipinski definition) is 1. The number of nitrogens with one attached hydrogen (secondary N) is 1. The van der Waals surface area contributed by atoms with Crippen LogP contribution in [0, 0.1) is 11.8 Å². The second-order valence-corrected chi connectivity index (χ2v) is 9.55. The summed E-state index contributed by atoms with van der Waals surface area (Å²) in [5.41, 5.74) is 5.27. The van der Waals surface area contributed by atoms with E-state index in [-0.39, 0.29) is 11.2 Å².